The van der Waals surface area contributed by atoms with Gasteiger partial charge in [0.05, 0.1) is 17.7 Å². The molecule has 4 N–H and O–H groups in total. The third-order valence-electron chi connectivity index (χ3n) is 7.87. The Morgan fingerprint density at radius 3 is 2.46 bits per heavy atom. The van der Waals surface area contributed by atoms with E-state index < -0.39 is 35.3 Å². The number of halogens is 4. The fraction of sp³-hybridized carbons (Fsp3) is 0.387. The topological polar surface area (TPSA) is 85.6 Å². The van der Waals surface area contributed by atoms with Crippen LogP contribution < -0.4 is 16.4 Å². The molecule has 0 bridgehead atoms. The summed E-state index contributed by atoms with van der Waals surface area (Å²) in [6, 6.07) is 12.8. The van der Waals surface area contributed by atoms with Gasteiger partial charge in [-0.15, -0.1) is 0 Å². The minimum atomic E-state index is -1.26. The number of morpholine rings is 1. The molecule has 5 rings (SSSR count). The van der Waals surface area contributed by atoms with Crippen molar-refractivity contribution in [3.63, 3.8) is 0 Å². The molecule has 218 valence electrons. The van der Waals surface area contributed by atoms with Crippen molar-refractivity contribution in [1.29, 1.82) is 0 Å². The molecule has 10 heteroatoms. The maximum Gasteiger partial charge on any atom is 0.242 e. The Bertz CT molecular complexity index is 1340. The predicted molar refractivity (Wildman–Crippen MR) is 152 cm³/mol. The highest BCUT2D eigenvalue weighted by Gasteiger charge is 2.38. The Kier molecular flexibility index (Phi) is 9.31. The number of ether oxygens (including phenoxy) is 2. The Hall–Kier alpha value is -2.95. The van der Waals surface area contributed by atoms with Crippen molar-refractivity contribution in [2.45, 2.75) is 49.3 Å². The van der Waals surface area contributed by atoms with E-state index in [4.69, 9.17) is 26.8 Å². The van der Waals surface area contributed by atoms with E-state index in [1.807, 2.05) is 0 Å². The van der Waals surface area contributed by atoms with E-state index in [1.54, 1.807) is 30.3 Å². The summed E-state index contributed by atoms with van der Waals surface area (Å²) in [5, 5.41) is 6.67. The van der Waals surface area contributed by atoms with Crippen LogP contribution in [0.5, 0.6) is 0 Å². The average Bonchev–Trinajstić information content (AvgIpc) is 2.94. The number of carbonyl (C=O) groups is 1. The van der Waals surface area contributed by atoms with Gasteiger partial charge in [-0.25, -0.2) is 13.2 Å². The van der Waals surface area contributed by atoms with Crippen molar-refractivity contribution in [2.75, 3.05) is 31.6 Å². The smallest absolute Gasteiger partial charge is 0.242 e. The number of hydrogen-bond donors (Lipinski definition) is 3. The molecule has 3 atom stereocenters. The maximum atomic E-state index is 15.1. The molecule has 0 saturated carbocycles. The van der Waals surface area contributed by atoms with Gasteiger partial charge in [0.25, 0.3) is 0 Å². The van der Waals surface area contributed by atoms with E-state index in [0.717, 1.165) is 37.6 Å². The molecular weight excluding hydrogens is 555 g/mol. The standard InChI is InChI=1S/C31H33ClF3N3O3/c32-21-6-4-19(5-7-21)28(20-14-22(33)16-23(34)15-20)29(36)30(39)38-27-3-1-2-26(35)25(27)9-8-24-17-37-18-31(41-24)10-12-40-13-11-31/h1-7,14-16,24,28-29,37H,8-13,17-18,36H2,(H,38,39). The first-order valence-corrected chi connectivity index (χ1v) is 14.1. The van der Waals surface area contributed by atoms with Crippen LogP contribution in [0.2, 0.25) is 5.02 Å². The molecule has 2 heterocycles. The molecule has 3 unspecified atom stereocenters. The molecule has 0 aromatic heterocycles. The lowest BCUT2D eigenvalue weighted by molar-refractivity contribution is -0.160. The number of carbonyl (C=O) groups excluding carboxylic acids is 1. The predicted octanol–water partition coefficient (Wildman–Crippen LogP) is 5.33. The third-order valence-corrected chi connectivity index (χ3v) is 8.12. The van der Waals surface area contributed by atoms with Crippen LogP contribution in [0.25, 0.3) is 0 Å². The molecule has 6 nitrogen and oxygen atoms in total. The quantitative estimate of drug-likeness (QED) is 0.332. The first-order chi connectivity index (χ1) is 19.7. The molecule has 3 aromatic rings. The van der Waals surface area contributed by atoms with Gasteiger partial charge in [0.2, 0.25) is 5.91 Å². The SMILES string of the molecule is NC(C(=O)Nc1cccc(F)c1CCC1CNCC2(CCOCC2)O1)C(c1ccc(Cl)cc1)c1cc(F)cc(F)c1. The van der Waals surface area contributed by atoms with Gasteiger partial charge in [-0.2, -0.15) is 0 Å². The largest absolute Gasteiger partial charge is 0.381 e. The average molecular weight is 588 g/mol. The highest BCUT2D eigenvalue weighted by atomic mass is 35.5. The first-order valence-electron chi connectivity index (χ1n) is 13.7. The summed E-state index contributed by atoms with van der Waals surface area (Å²) >= 11 is 6.04. The molecule has 1 amide bonds. The van der Waals surface area contributed by atoms with Crippen molar-refractivity contribution in [3.8, 4) is 0 Å². The number of rotatable bonds is 8. The summed E-state index contributed by atoms with van der Waals surface area (Å²) < 4.78 is 55.3. The minimum absolute atomic E-state index is 0.121. The van der Waals surface area contributed by atoms with Crippen molar-refractivity contribution in [2.24, 2.45) is 5.73 Å². The molecule has 2 fully saturated rings. The zero-order valence-corrected chi connectivity index (χ0v) is 23.2. The van der Waals surface area contributed by atoms with Crippen molar-refractivity contribution in [1.82, 2.24) is 5.32 Å². The summed E-state index contributed by atoms with van der Waals surface area (Å²) in [4.78, 5) is 13.5. The summed E-state index contributed by atoms with van der Waals surface area (Å²) in [5.74, 6) is -3.56. The van der Waals surface area contributed by atoms with Crippen molar-refractivity contribution >= 4 is 23.2 Å². The van der Waals surface area contributed by atoms with Gasteiger partial charge >= 0.3 is 0 Å². The lowest BCUT2D eigenvalue weighted by Crippen LogP contribution is -2.56. The van der Waals surface area contributed by atoms with Crippen LogP contribution >= 0.6 is 11.6 Å². The van der Waals surface area contributed by atoms with Crippen LogP contribution in [0.1, 0.15) is 41.9 Å². The van der Waals surface area contributed by atoms with E-state index >= 15 is 4.39 Å². The van der Waals surface area contributed by atoms with E-state index in [1.165, 1.54) is 12.1 Å². The van der Waals surface area contributed by atoms with Gasteiger partial charge in [0.1, 0.15) is 17.5 Å². The monoisotopic (exact) mass is 587 g/mol. The van der Waals surface area contributed by atoms with Gasteiger partial charge in [0.15, 0.2) is 0 Å². The lowest BCUT2D eigenvalue weighted by atomic mass is 9.84. The van der Waals surface area contributed by atoms with Crippen LogP contribution in [-0.4, -0.2) is 50.0 Å². The van der Waals surface area contributed by atoms with Gasteiger partial charge in [-0.3, -0.25) is 4.79 Å². The van der Waals surface area contributed by atoms with Crippen molar-refractivity contribution in [3.05, 3.63) is 99.8 Å². The summed E-state index contributed by atoms with van der Waals surface area (Å²) in [7, 11) is 0. The van der Waals surface area contributed by atoms with Crippen LogP contribution in [0.3, 0.4) is 0 Å². The van der Waals surface area contributed by atoms with Crippen LogP contribution in [0, 0.1) is 17.5 Å². The van der Waals surface area contributed by atoms with Gasteiger partial charge in [-0.05, 0) is 60.4 Å². The van der Waals surface area contributed by atoms with Gasteiger partial charge in [-0.1, -0.05) is 29.8 Å². The van der Waals surface area contributed by atoms with E-state index in [2.05, 4.69) is 10.6 Å². The van der Waals surface area contributed by atoms with E-state index in [0.29, 0.717) is 48.7 Å². The Morgan fingerprint density at radius 1 is 1.05 bits per heavy atom. The normalized spacial score (nSPS) is 20.0. The van der Waals surface area contributed by atoms with Crippen LogP contribution in [-0.2, 0) is 20.7 Å². The molecule has 41 heavy (non-hydrogen) atoms. The van der Waals surface area contributed by atoms with Gasteiger partial charge in [0, 0.05) is 67.4 Å². The number of hydrogen-bond acceptors (Lipinski definition) is 5. The fourth-order valence-electron chi connectivity index (χ4n) is 5.73. The maximum absolute atomic E-state index is 15.1. The second-order valence-corrected chi connectivity index (χ2v) is 11.2. The molecule has 2 aliphatic heterocycles. The zero-order chi connectivity index (χ0) is 29.0. The summed E-state index contributed by atoms with van der Waals surface area (Å²) in [6.45, 7) is 2.71. The van der Waals surface area contributed by atoms with Gasteiger partial charge < -0.3 is 25.8 Å². The second kappa shape index (κ2) is 12.9. The fourth-order valence-corrected chi connectivity index (χ4v) is 5.86. The zero-order valence-electron chi connectivity index (χ0n) is 22.5. The molecule has 3 aromatic carbocycles. The highest BCUT2D eigenvalue weighted by Crippen LogP contribution is 2.32. The molecule has 1 spiro atoms. The lowest BCUT2D eigenvalue weighted by Gasteiger charge is -2.44. The number of nitrogens with one attached hydrogen (secondary N) is 2. The first kappa shape index (κ1) is 29.5. The van der Waals surface area contributed by atoms with Crippen LogP contribution in [0.15, 0.2) is 60.7 Å². The number of amides is 1. The number of nitrogens with two attached hydrogens (primary N) is 1. The second-order valence-electron chi connectivity index (χ2n) is 10.7. The molecule has 0 aliphatic carbocycles. The van der Waals surface area contributed by atoms with Crippen LogP contribution in [0.4, 0.5) is 18.9 Å². The molecule has 2 aliphatic rings. The van der Waals surface area contributed by atoms with Crippen molar-refractivity contribution < 1.29 is 27.4 Å². The Balaban J connectivity index is 1.34. The third kappa shape index (κ3) is 7.10. The number of anilines is 1. The minimum Gasteiger partial charge on any atom is -0.381 e. The Labute approximate surface area is 242 Å². The molecule has 2 saturated heterocycles. The number of benzene rings is 3. The molecular formula is C31H33ClF3N3O3. The van der Waals surface area contributed by atoms with E-state index in [9.17, 15) is 13.6 Å². The summed E-state index contributed by atoms with van der Waals surface area (Å²) in [5.41, 5.74) is 7.54. The summed E-state index contributed by atoms with van der Waals surface area (Å²) in [6.07, 6.45) is 2.36. The van der Waals surface area contributed by atoms with E-state index in [-0.39, 0.29) is 23.0 Å². The molecule has 0 radical (unpaired) electrons. The highest BCUT2D eigenvalue weighted by molar-refractivity contribution is 6.30. The Morgan fingerprint density at radius 2 is 1.76 bits per heavy atom.